The first-order valence-corrected chi connectivity index (χ1v) is 10.2. The van der Waals surface area contributed by atoms with Crippen LogP contribution < -0.4 is 0 Å². The van der Waals surface area contributed by atoms with Crippen LogP contribution in [0.1, 0.15) is 55.1 Å². The van der Waals surface area contributed by atoms with E-state index in [2.05, 4.69) is 69.5 Å². The lowest BCUT2D eigenvalue weighted by molar-refractivity contribution is 0.638. The fraction of sp³-hybridized carbons (Fsp3) is 0.364. The van der Waals surface area contributed by atoms with E-state index in [9.17, 15) is 0 Å². The quantitative estimate of drug-likeness (QED) is 0.417. The highest BCUT2D eigenvalue weighted by Crippen LogP contribution is 2.40. The van der Waals surface area contributed by atoms with Gasteiger partial charge in [0, 0.05) is 10.3 Å². The van der Waals surface area contributed by atoms with Gasteiger partial charge in [0.25, 0.3) is 0 Å². The van der Waals surface area contributed by atoms with E-state index in [-0.39, 0.29) is 0 Å². The summed E-state index contributed by atoms with van der Waals surface area (Å²) in [5, 5.41) is 6.19. The van der Waals surface area contributed by atoms with Crippen LogP contribution in [-0.4, -0.2) is 14.6 Å². The molecule has 0 saturated carbocycles. The van der Waals surface area contributed by atoms with Crippen molar-refractivity contribution in [3.05, 3.63) is 52.8 Å². The summed E-state index contributed by atoms with van der Waals surface area (Å²) in [6.07, 6.45) is 2.25. The normalized spacial score (nSPS) is 11.9. The summed E-state index contributed by atoms with van der Waals surface area (Å²) in [5.41, 5.74) is 6.93. The van der Waals surface area contributed by atoms with Gasteiger partial charge in [-0.3, -0.25) is 0 Å². The van der Waals surface area contributed by atoms with Crippen LogP contribution in [0.15, 0.2) is 30.3 Å². The number of hydrogen-bond acceptors (Lipinski definition) is 3. The van der Waals surface area contributed by atoms with Gasteiger partial charge in [0.05, 0.1) is 16.3 Å². The van der Waals surface area contributed by atoms with Crippen LogP contribution in [0.4, 0.5) is 0 Å². The average Bonchev–Trinajstić information content (AvgIpc) is 3.13. The Kier molecular flexibility index (Phi) is 4.31. The van der Waals surface area contributed by atoms with E-state index >= 15 is 0 Å². The van der Waals surface area contributed by atoms with Gasteiger partial charge in [-0.1, -0.05) is 32.0 Å². The molecule has 3 nitrogen and oxygen atoms in total. The number of nitrogens with zero attached hydrogens (tertiary/aromatic N) is 3. The summed E-state index contributed by atoms with van der Waals surface area (Å²) in [6.45, 7) is 10.9. The summed E-state index contributed by atoms with van der Waals surface area (Å²) < 4.78 is 3.41. The molecule has 3 aromatic heterocycles. The zero-order valence-corrected chi connectivity index (χ0v) is 16.9. The Labute approximate surface area is 158 Å². The number of hydrogen-bond donors (Lipinski definition) is 0. The first-order valence-electron chi connectivity index (χ1n) is 9.40. The van der Waals surface area contributed by atoms with Crippen molar-refractivity contribution in [2.75, 3.05) is 0 Å². The number of fused-ring (bicyclic) bond motifs is 2. The number of imidazole rings is 1. The molecule has 0 saturated heterocycles. The Balaban J connectivity index is 2.04. The van der Waals surface area contributed by atoms with E-state index in [4.69, 9.17) is 10.1 Å². The molecule has 3 heterocycles. The van der Waals surface area contributed by atoms with Gasteiger partial charge in [-0.05, 0) is 62.6 Å². The van der Waals surface area contributed by atoms with Gasteiger partial charge >= 0.3 is 0 Å². The smallest absolute Gasteiger partial charge is 0.158 e. The molecule has 1 aromatic carbocycles. The van der Waals surface area contributed by atoms with Crippen molar-refractivity contribution in [3.8, 4) is 10.6 Å². The third-order valence-corrected chi connectivity index (χ3v) is 6.67. The Morgan fingerprint density at radius 1 is 1.08 bits per heavy atom. The SMILES string of the molecule is CCC(CC)c1cc(C)nn2c(-c3sc4ccccc4c3C)c(C)nc12. The van der Waals surface area contributed by atoms with Gasteiger partial charge in [0.2, 0.25) is 0 Å². The van der Waals surface area contributed by atoms with Crippen molar-refractivity contribution in [1.29, 1.82) is 0 Å². The summed E-state index contributed by atoms with van der Waals surface area (Å²) >= 11 is 1.84. The highest BCUT2D eigenvalue weighted by Gasteiger charge is 2.22. The maximum atomic E-state index is 4.97. The molecule has 0 aliphatic carbocycles. The van der Waals surface area contributed by atoms with Gasteiger partial charge in [-0.25, -0.2) is 9.50 Å². The Morgan fingerprint density at radius 2 is 1.81 bits per heavy atom. The van der Waals surface area contributed by atoms with Crippen molar-refractivity contribution in [1.82, 2.24) is 14.6 Å². The van der Waals surface area contributed by atoms with E-state index in [1.54, 1.807) is 0 Å². The lowest BCUT2D eigenvalue weighted by Gasteiger charge is -2.14. The molecule has 0 radical (unpaired) electrons. The first-order chi connectivity index (χ1) is 12.5. The predicted molar refractivity (Wildman–Crippen MR) is 111 cm³/mol. The molecule has 0 spiro atoms. The number of aryl methyl sites for hydroxylation is 3. The second-order valence-corrected chi connectivity index (χ2v) is 8.14. The number of rotatable bonds is 4. The van der Waals surface area contributed by atoms with Gasteiger partial charge in [-0.15, -0.1) is 11.3 Å². The molecule has 4 aromatic rings. The van der Waals surface area contributed by atoms with E-state index in [0.717, 1.165) is 35.6 Å². The predicted octanol–water partition coefficient (Wildman–Crippen LogP) is 6.44. The molecule has 0 fully saturated rings. The number of aromatic nitrogens is 3. The van der Waals surface area contributed by atoms with Crippen LogP contribution in [-0.2, 0) is 0 Å². The molecular weight excluding hydrogens is 338 g/mol. The Morgan fingerprint density at radius 3 is 2.50 bits per heavy atom. The van der Waals surface area contributed by atoms with Crippen LogP contribution in [0.2, 0.25) is 0 Å². The van der Waals surface area contributed by atoms with Crippen LogP contribution in [0.25, 0.3) is 26.3 Å². The second-order valence-electron chi connectivity index (χ2n) is 7.09. The van der Waals surface area contributed by atoms with Crippen LogP contribution >= 0.6 is 11.3 Å². The summed E-state index contributed by atoms with van der Waals surface area (Å²) in [6, 6.07) is 10.8. The largest absolute Gasteiger partial charge is 0.231 e. The summed E-state index contributed by atoms with van der Waals surface area (Å²) in [7, 11) is 0. The molecule has 0 unspecified atom stereocenters. The molecule has 134 valence electrons. The zero-order valence-electron chi connectivity index (χ0n) is 16.1. The Hall–Kier alpha value is -2.20. The van der Waals surface area contributed by atoms with Gasteiger partial charge in [-0.2, -0.15) is 5.10 Å². The van der Waals surface area contributed by atoms with Gasteiger partial charge in [0.15, 0.2) is 5.65 Å². The standard InChI is InChI=1S/C22H25N3S/c1-6-16(7-2)18-12-13(3)24-25-20(15(5)23-22(18)25)21-14(4)17-10-8-9-11-19(17)26-21/h8-12,16H,6-7H2,1-5H3. The second kappa shape index (κ2) is 6.51. The third-order valence-electron chi connectivity index (χ3n) is 5.39. The lowest BCUT2D eigenvalue weighted by Crippen LogP contribution is -2.05. The first kappa shape index (κ1) is 17.2. The molecule has 0 amide bonds. The monoisotopic (exact) mass is 363 g/mol. The van der Waals surface area contributed by atoms with E-state index in [0.29, 0.717) is 5.92 Å². The molecule has 0 aliphatic rings. The highest BCUT2D eigenvalue weighted by atomic mass is 32.1. The van der Waals surface area contributed by atoms with Gasteiger partial charge < -0.3 is 0 Å². The summed E-state index contributed by atoms with van der Waals surface area (Å²) in [5.74, 6) is 0.525. The average molecular weight is 364 g/mol. The fourth-order valence-electron chi connectivity index (χ4n) is 3.97. The van der Waals surface area contributed by atoms with Crippen molar-refractivity contribution in [2.45, 2.75) is 53.4 Å². The minimum absolute atomic E-state index is 0.525. The molecule has 0 bridgehead atoms. The van der Waals surface area contributed by atoms with Crippen LogP contribution in [0, 0.1) is 20.8 Å². The highest BCUT2D eigenvalue weighted by molar-refractivity contribution is 7.22. The maximum Gasteiger partial charge on any atom is 0.158 e. The molecule has 4 rings (SSSR count). The van der Waals surface area contributed by atoms with E-state index < -0.39 is 0 Å². The minimum atomic E-state index is 0.525. The summed E-state index contributed by atoms with van der Waals surface area (Å²) in [4.78, 5) is 6.25. The minimum Gasteiger partial charge on any atom is -0.231 e. The lowest BCUT2D eigenvalue weighted by atomic mass is 9.95. The third kappa shape index (κ3) is 2.55. The van der Waals surface area contributed by atoms with Crippen molar-refractivity contribution in [3.63, 3.8) is 0 Å². The van der Waals surface area contributed by atoms with Crippen LogP contribution in [0.3, 0.4) is 0 Å². The molecule has 0 N–H and O–H groups in total. The van der Waals surface area contributed by atoms with Crippen molar-refractivity contribution < 1.29 is 0 Å². The van der Waals surface area contributed by atoms with Gasteiger partial charge in [0.1, 0.15) is 5.69 Å². The number of thiophene rings is 1. The molecule has 4 heteroatoms. The van der Waals surface area contributed by atoms with Crippen molar-refractivity contribution in [2.24, 2.45) is 0 Å². The topological polar surface area (TPSA) is 30.2 Å². The molecule has 26 heavy (non-hydrogen) atoms. The maximum absolute atomic E-state index is 4.97. The molecule has 0 atom stereocenters. The fourth-order valence-corrected chi connectivity index (χ4v) is 5.26. The molecule has 0 aliphatic heterocycles. The van der Waals surface area contributed by atoms with E-state index in [1.165, 1.54) is 26.1 Å². The van der Waals surface area contributed by atoms with Crippen molar-refractivity contribution >= 4 is 27.1 Å². The Bertz CT molecular complexity index is 1100. The molecular formula is C22H25N3S. The van der Waals surface area contributed by atoms with E-state index in [1.807, 2.05) is 11.3 Å². The zero-order chi connectivity index (χ0) is 18.4. The van der Waals surface area contributed by atoms with Crippen LogP contribution in [0.5, 0.6) is 0 Å². The number of benzene rings is 1.